The Labute approximate surface area is 173 Å². The Morgan fingerprint density at radius 1 is 1.03 bits per heavy atom. The highest BCUT2D eigenvalue weighted by molar-refractivity contribution is 7.18. The molecule has 0 saturated heterocycles. The second-order valence-electron chi connectivity index (χ2n) is 6.46. The van der Waals surface area contributed by atoms with Crippen LogP contribution in [0.3, 0.4) is 0 Å². The van der Waals surface area contributed by atoms with Gasteiger partial charge in [-0.15, -0.1) is 0 Å². The molecule has 0 atom stereocenters. The number of aryl methyl sites for hydroxylation is 1. The van der Waals surface area contributed by atoms with Crippen molar-refractivity contribution in [2.75, 3.05) is 11.9 Å². The molecule has 5 nitrogen and oxygen atoms in total. The number of thiophene rings is 1. The number of carbonyl (C=O) groups excluding carboxylic acids is 1. The van der Waals surface area contributed by atoms with Crippen molar-refractivity contribution in [3.8, 4) is 15.5 Å². The van der Waals surface area contributed by atoms with E-state index in [0.717, 1.165) is 29.0 Å². The lowest BCUT2D eigenvalue weighted by atomic mass is 10.1. The van der Waals surface area contributed by atoms with E-state index in [1.807, 2.05) is 6.92 Å². The third kappa shape index (κ3) is 4.62. The Kier molecular flexibility index (Phi) is 5.84. The van der Waals surface area contributed by atoms with Crippen LogP contribution in [0.1, 0.15) is 21.5 Å². The summed E-state index contributed by atoms with van der Waals surface area (Å²) in [5, 5.41) is 8.97. The number of alkyl halides is 3. The molecule has 2 aromatic carbocycles. The summed E-state index contributed by atoms with van der Waals surface area (Å²) < 4.78 is 43.2. The lowest BCUT2D eigenvalue weighted by Gasteiger charge is -2.17. The summed E-state index contributed by atoms with van der Waals surface area (Å²) in [5.74, 6) is -0.387. The zero-order valence-corrected chi connectivity index (χ0v) is 16.7. The average Bonchev–Trinajstić information content (AvgIpc) is 3.10. The van der Waals surface area contributed by atoms with Gasteiger partial charge in [0.1, 0.15) is 0 Å². The molecular weight excluding hydrogens is 419 g/mol. The molecule has 0 unspecified atom stereocenters. The quantitative estimate of drug-likeness (QED) is 0.505. The Balaban J connectivity index is 1.97. The number of halogens is 3. The topological polar surface area (TPSA) is 66.8 Å². The van der Waals surface area contributed by atoms with Crippen LogP contribution in [0.15, 0.2) is 54.6 Å². The maximum Gasteiger partial charge on any atom is 0.512 e. The summed E-state index contributed by atoms with van der Waals surface area (Å²) >= 11 is 0.919. The first kappa shape index (κ1) is 21.4. The number of benzene rings is 2. The predicted octanol–water partition coefficient (Wildman–Crippen LogP) is 6.08. The highest BCUT2D eigenvalue weighted by Gasteiger charge is 2.30. The molecule has 1 N–H and O–H groups in total. The van der Waals surface area contributed by atoms with Crippen LogP contribution in [0.25, 0.3) is 10.4 Å². The fourth-order valence-electron chi connectivity index (χ4n) is 2.72. The van der Waals surface area contributed by atoms with Crippen molar-refractivity contribution in [2.24, 2.45) is 0 Å². The summed E-state index contributed by atoms with van der Waals surface area (Å²) in [5.41, 5.74) is 1.21. The first-order valence-corrected chi connectivity index (χ1v) is 9.45. The van der Waals surface area contributed by atoms with E-state index in [-0.39, 0.29) is 16.7 Å². The molecule has 3 aromatic rings. The molecule has 9 heteroatoms. The van der Waals surface area contributed by atoms with Crippen molar-refractivity contribution in [1.29, 1.82) is 0 Å². The van der Waals surface area contributed by atoms with Gasteiger partial charge in [0.05, 0.1) is 11.3 Å². The van der Waals surface area contributed by atoms with Gasteiger partial charge in [-0.05, 0) is 42.8 Å². The van der Waals surface area contributed by atoms with Crippen LogP contribution in [0.4, 0.5) is 23.7 Å². The average molecular weight is 435 g/mol. The van der Waals surface area contributed by atoms with E-state index in [9.17, 15) is 22.8 Å². The Morgan fingerprint density at radius 3 is 2.17 bits per heavy atom. The molecule has 3 rings (SSSR count). The maximum absolute atomic E-state index is 12.8. The van der Waals surface area contributed by atoms with Crippen LogP contribution in [-0.4, -0.2) is 24.2 Å². The lowest BCUT2D eigenvalue weighted by Crippen LogP contribution is -2.26. The molecule has 30 heavy (non-hydrogen) atoms. The number of anilines is 1. The largest absolute Gasteiger partial charge is 0.512 e. The predicted molar refractivity (Wildman–Crippen MR) is 107 cm³/mol. The summed E-state index contributed by atoms with van der Waals surface area (Å²) in [7, 11) is 1.47. The van der Waals surface area contributed by atoms with Gasteiger partial charge in [-0.25, -0.2) is 4.79 Å². The summed E-state index contributed by atoms with van der Waals surface area (Å²) in [6, 6.07) is 12.8. The van der Waals surface area contributed by atoms with E-state index < -0.39 is 17.9 Å². The molecule has 0 bridgehead atoms. The van der Waals surface area contributed by atoms with Crippen LogP contribution in [-0.2, 0) is 6.18 Å². The number of hydrogen-bond donors (Lipinski definition) is 1. The van der Waals surface area contributed by atoms with Gasteiger partial charge >= 0.3 is 12.3 Å². The molecule has 156 valence electrons. The fraction of sp³-hybridized carbons (Fsp3) is 0.143. The number of carbonyl (C=O) groups is 2. The van der Waals surface area contributed by atoms with E-state index in [2.05, 4.69) is 0 Å². The molecule has 0 aliphatic carbocycles. The van der Waals surface area contributed by atoms with Crippen LogP contribution in [0.2, 0.25) is 0 Å². The third-order valence-corrected chi connectivity index (χ3v) is 5.37. The van der Waals surface area contributed by atoms with Gasteiger partial charge in [0, 0.05) is 17.5 Å². The third-order valence-electron chi connectivity index (χ3n) is 4.32. The van der Waals surface area contributed by atoms with E-state index in [1.54, 1.807) is 24.3 Å². The van der Waals surface area contributed by atoms with Crippen LogP contribution < -0.4 is 9.64 Å². The van der Waals surface area contributed by atoms with Gasteiger partial charge in [-0.3, -0.25) is 4.79 Å². The van der Waals surface area contributed by atoms with E-state index in [0.29, 0.717) is 16.0 Å². The van der Waals surface area contributed by atoms with Crippen molar-refractivity contribution in [1.82, 2.24) is 0 Å². The molecule has 0 aliphatic rings. The standard InChI is InChI=1S/C21H16F3NO4S/c1-12-3-5-14(6-4-12)18(26)25(2)16-11-17(30-19(16)29-20(27)28)13-7-9-15(10-8-13)21(22,23)24/h3-11H,1-2H3,(H,27,28). The highest BCUT2D eigenvalue weighted by atomic mass is 32.1. The monoisotopic (exact) mass is 435 g/mol. The minimum atomic E-state index is -4.46. The van der Waals surface area contributed by atoms with Gasteiger partial charge in [-0.1, -0.05) is 41.2 Å². The molecule has 0 radical (unpaired) electrons. The first-order chi connectivity index (χ1) is 14.1. The smallest absolute Gasteiger partial charge is 0.449 e. The van der Waals surface area contributed by atoms with Crippen molar-refractivity contribution < 1.29 is 32.6 Å². The minimum absolute atomic E-state index is 0.0552. The lowest BCUT2D eigenvalue weighted by molar-refractivity contribution is -0.137. The van der Waals surface area contributed by atoms with Gasteiger partial charge < -0.3 is 14.7 Å². The first-order valence-electron chi connectivity index (χ1n) is 8.63. The van der Waals surface area contributed by atoms with Crippen molar-refractivity contribution in [3.63, 3.8) is 0 Å². The molecule has 0 spiro atoms. The van der Waals surface area contributed by atoms with Crippen molar-refractivity contribution in [3.05, 3.63) is 71.3 Å². The van der Waals surface area contributed by atoms with Crippen LogP contribution >= 0.6 is 11.3 Å². The molecular formula is C21H16F3NO4S. The Bertz CT molecular complexity index is 1070. The van der Waals surface area contributed by atoms with E-state index in [4.69, 9.17) is 9.84 Å². The molecule has 0 fully saturated rings. The highest BCUT2D eigenvalue weighted by Crippen LogP contribution is 2.43. The second-order valence-corrected chi connectivity index (χ2v) is 7.47. The SMILES string of the molecule is Cc1ccc(C(=O)N(C)c2cc(-c3ccc(C(F)(F)F)cc3)sc2OC(=O)O)cc1. The van der Waals surface area contributed by atoms with Crippen LogP contribution in [0.5, 0.6) is 5.06 Å². The number of hydrogen-bond acceptors (Lipinski definition) is 4. The normalized spacial score (nSPS) is 11.2. The van der Waals surface area contributed by atoms with Gasteiger partial charge in [-0.2, -0.15) is 13.2 Å². The fourth-order valence-corrected chi connectivity index (χ4v) is 3.75. The summed E-state index contributed by atoms with van der Waals surface area (Å²) in [6.07, 6.45) is -6.02. The van der Waals surface area contributed by atoms with Crippen molar-refractivity contribution in [2.45, 2.75) is 13.1 Å². The minimum Gasteiger partial charge on any atom is -0.449 e. The van der Waals surface area contributed by atoms with E-state index >= 15 is 0 Å². The number of nitrogens with zero attached hydrogens (tertiary/aromatic N) is 1. The Morgan fingerprint density at radius 2 is 1.63 bits per heavy atom. The maximum atomic E-state index is 12.8. The number of carboxylic acid groups (broad SMARTS) is 1. The number of ether oxygens (including phenoxy) is 1. The molecule has 1 aromatic heterocycles. The number of rotatable bonds is 4. The van der Waals surface area contributed by atoms with Gasteiger partial charge in [0.15, 0.2) is 0 Å². The van der Waals surface area contributed by atoms with Gasteiger partial charge in [0.25, 0.3) is 5.91 Å². The molecule has 0 saturated carbocycles. The molecule has 1 heterocycles. The van der Waals surface area contributed by atoms with Crippen LogP contribution in [0, 0.1) is 6.92 Å². The van der Waals surface area contributed by atoms with Gasteiger partial charge in [0.2, 0.25) is 5.06 Å². The van der Waals surface area contributed by atoms with Crippen molar-refractivity contribution >= 4 is 29.1 Å². The second kappa shape index (κ2) is 8.19. The molecule has 0 aliphatic heterocycles. The van der Waals surface area contributed by atoms with E-state index in [1.165, 1.54) is 30.1 Å². The summed E-state index contributed by atoms with van der Waals surface area (Å²) in [6.45, 7) is 1.88. The Hall–Kier alpha value is -3.33. The molecule has 1 amide bonds. The zero-order valence-electron chi connectivity index (χ0n) is 15.9. The summed E-state index contributed by atoms with van der Waals surface area (Å²) in [4.78, 5) is 25.6. The zero-order chi connectivity index (χ0) is 22.1. The number of amides is 1.